The number of anilines is 1. The zero-order chi connectivity index (χ0) is 13.8. The van der Waals surface area contributed by atoms with Gasteiger partial charge in [-0.3, -0.25) is 4.79 Å². The van der Waals surface area contributed by atoms with Gasteiger partial charge in [0, 0.05) is 7.05 Å². The summed E-state index contributed by atoms with van der Waals surface area (Å²) < 4.78 is 27.0. The Labute approximate surface area is 110 Å². The lowest BCUT2D eigenvalue weighted by molar-refractivity contribution is 0.0996. The summed E-state index contributed by atoms with van der Waals surface area (Å²) in [4.78, 5) is 13.4. The van der Waals surface area contributed by atoms with Crippen molar-refractivity contribution >= 4 is 11.5 Å². The highest BCUT2D eigenvalue weighted by atomic mass is 19.1. The van der Waals surface area contributed by atoms with Crippen LogP contribution < -0.4 is 4.90 Å². The van der Waals surface area contributed by atoms with Gasteiger partial charge in [0.25, 0.3) is 0 Å². The Balaban J connectivity index is 2.16. The number of rotatable bonds is 4. The topological polar surface area (TPSA) is 20.3 Å². The number of likely N-dealkylation sites (N-methyl/N-ethyl adjacent to an activating group) is 1. The lowest BCUT2D eigenvalue weighted by atomic mass is 10.1. The van der Waals surface area contributed by atoms with E-state index in [0.29, 0.717) is 5.69 Å². The zero-order valence-corrected chi connectivity index (χ0v) is 10.4. The van der Waals surface area contributed by atoms with Crippen LogP contribution in [0.2, 0.25) is 0 Å². The molecule has 2 rings (SSSR count). The molecule has 0 amide bonds. The van der Waals surface area contributed by atoms with Gasteiger partial charge in [0.05, 0.1) is 17.8 Å². The largest absolute Gasteiger partial charge is 0.365 e. The number of ketones is 1. The molecule has 0 bridgehead atoms. The molecular weight excluding hydrogens is 248 g/mol. The number of carbonyl (C=O) groups excluding carboxylic acids is 1. The van der Waals surface area contributed by atoms with Crippen molar-refractivity contribution in [1.82, 2.24) is 0 Å². The average molecular weight is 261 g/mol. The van der Waals surface area contributed by atoms with E-state index in [2.05, 4.69) is 0 Å². The first-order valence-corrected chi connectivity index (χ1v) is 5.83. The number of carbonyl (C=O) groups is 1. The van der Waals surface area contributed by atoms with Crippen molar-refractivity contribution < 1.29 is 13.6 Å². The summed E-state index contributed by atoms with van der Waals surface area (Å²) in [5.74, 6) is -1.36. The molecule has 2 aromatic rings. The molecule has 98 valence electrons. The Morgan fingerprint density at radius 3 is 2.21 bits per heavy atom. The summed E-state index contributed by atoms with van der Waals surface area (Å²) in [6.45, 7) is -0.0815. The summed E-state index contributed by atoms with van der Waals surface area (Å²) in [7, 11) is 1.59. The van der Waals surface area contributed by atoms with E-state index in [-0.39, 0.29) is 17.9 Å². The second-order valence-electron chi connectivity index (χ2n) is 4.21. The maximum absolute atomic E-state index is 13.5. The van der Waals surface area contributed by atoms with Crippen LogP contribution in [0, 0.1) is 11.6 Å². The molecule has 0 unspecified atom stereocenters. The number of Topliss-reactive ketones (excluding diaryl/α,β-unsaturated/α-hetero) is 1. The van der Waals surface area contributed by atoms with Crippen LogP contribution in [0.25, 0.3) is 0 Å². The number of hydrogen-bond donors (Lipinski definition) is 0. The highest BCUT2D eigenvalue weighted by molar-refractivity contribution is 5.99. The maximum atomic E-state index is 13.5. The quantitative estimate of drug-likeness (QED) is 0.787. The third-order valence-corrected chi connectivity index (χ3v) is 2.82. The van der Waals surface area contributed by atoms with E-state index in [1.54, 1.807) is 31.3 Å². The van der Waals surface area contributed by atoms with Crippen LogP contribution in [-0.4, -0.2) is 19.4 Å². The minimum absolute atomic E-state index is 0.0192. The van der Waals surface area contributed by atoms with Gasteiger partial charge in [-0.15, -0.1) is 0 Å². The normalized spacial score (nSPS) is 10.3. The number of hydrogen-bond acceptors (Lipinski definition) is 2. The Bertz CT molecular complexity index is 598. The van der Waals surface area contributed by atoms with Crippen molar-refractivity contribution in [2.45, 2.75) is 0 Å². The van der Waals surface area contributed by atoms with Crippen LogP contribution in [-0.2, 0) is 0 Å². The number of benzene rings is 2. The van der Waals surface area contributed by atoms with E-state index in [0.717, 1.165) is 0 Å². The predicted molar refractivity (Wildman–Crippen MR) is 70.4 cm³/mol. The minimum atomic E-state index is -0.561. The third kappa shape index (κ3) is 2.96. The SMILES string of the molecule is CN(CC(=O)c1ccccc1F)c1ccccc1F. The average Bonchev–Trinajstić information content (AvgIpc) is 2.39. The summed E-state index contributed by atoms with van der Waals surface area (Å²) in [5, 5.41) is 0. The van der Waals surface area contributed by atoms with Crippen molar-refractivity contribution in [3.8, 4) is 0 Å². The van der Waals surface area contributed by atoms with Crippen molar-refractivity contribution in [1.29, 1.82) is 0 Å². The van der Waals surface area contributed by atoms with E-state index >= 15 is 0 Å². The number of nitrogens with zero attached hydrogens (tertiary/aromatic N) is 1. The zero-order valence-electron chi connectivity index (χ0n) is 10.4. The Morgan fingerprint density at radius 2 is 1.58 bits per heavy atom. The van der Waals surface area contributed by atoms with Crippen LogP contribution in [0.15, 0.2) is 48.5 Å². The summed E-state index contributed by atoms with van der Waals surface area (Å²) in [6.07, 6.45) is 0. The molecule has 4 heteroatoms. The molecule has 0 aliphatic carbocycles. The lowest BCUT2D eigenvalue weighted by Crippen LogP contribution is -2.26. The van der Waals surface area contributed by atoms with Gasteiger partial charge in [0.1, 0.15) is 11.6 Å². The van der Waals surface area contributed by atoms with Crippen LogP contribution in [0.4, 0.5) is 14.5 Å². The molecule has 0 N–H and O–H groups in total. The fourth-order valence-corrected chi connectivity index (χ4v) is 1.83. The van der Waals surface area contributed by atoms with Crippen LogP contribution in [0.1, 0.15) is 10.4 Å². The monoisotopic (exact) mass is 261 g/mol. The van der Waals surface area contributed by atoms with Crippen molar-refractivity contribution in [2.75, 3.05) is 18.5 Å². The van der Waals surface area contributed by atoms with Gasteiger partial charge in [-0.2, -0.15) is 0 Å². The van der Waals surface area contributed by atoms with Gasteiger partial charge in [-0.25, -0.2) is 8.78 Å². The Morgan fingerprint density at radius 1 is 1.00 bits per heavy atom. The molecule has 0 saturated carbocycles. The third-order valence-electron chi connectivity index (χ3n) is 2.82. The second kappa shape index (κ2) is 5.61. The number of halogens is 2. The van der Waals surface area contributed by atoms with Gasteiger partial charge >= 0.3 is 0 Å². The molecule has 0 radical (unpaired) electrons. The molecule has 0 saturated heterocycles. The summed E-state index contributed by atoms with van der Waals surface area (Å²) in [5.41, 5.74) is 0.331. The molecular formula is C15H13F2NO. The first-order valence-electron chi connectivity index (χ1n) is 5.83. The van der Waals surface area contributed by atoms with Crippen molar-refractivity contribution in [3.05, 3.63) is 65.7 Å². The minimum Gasteiger partial charge on any atom is -0.365 e. The highest BCUT2D eigenvalue weighted by Crippen LogP contribution is 2.17. The van der Waals surface area contributed by atoms with Gasteiger partial charge in [-0.05, 0) is 24.3 Å². The van der Waals surface area contributed by atoms with Crippen LogP contribution in [0.5, 0.6) is 0 Å². The summed E-state index contributed by atoms with van der Waals surface area (Å²) in [6, 6.07) is 11.9. The maximum Gasteiger partial charge on any atom is 0.185 e. The molecule has 0 fully saturated rings. The van der Waals surface area contributed by atoms with E-state index in [4.69, 9.17) is 0 Å². The lowest BCUT2D eigenvalue weighted by Gasteiger charge is -2.19. The molecule has 0 spiro atoms. The molecule has 0 heterocycles. The van der Waals surface area contributed by atoms with E-state index < -0.39 is 11.6 Å². The Kier molecular flexibility index (Phi) is 3.90. The smallest absolute Gasteiger partial charge is 0.185 e. The highest BCUT2D eigenvalue weighted by Gasteiger charge is 2.15. The predicted octanol–water partition coefficient (Wildman–Crippen LogP) is 3.28. The van der Waals surface area contributed by atoms with Gasteiger partial charge in [-0.1, -0.05) is 24.3 Å². The molecule has 0 atom stereocenters. The molecule has 2 nitrogen and oxygen atoms in total. The van der Waals surface area contributed by atoms with Crippen LogP contribution in [0.3, 0.4) is 0 Å². The molecule has 19 heavy (non-hydrogen) atoms. The number of para-hydroxylation sites is 1. The first-order chi connectivity index (χ1) is 9.09. The van der Waals surface area contributed by atoms with E-state index in [1.807, 2.05) is 0 Å². The second-order valence-corrected chi connectivity index (χ2v) is 4.21. The van der Waals surface area contributed by atoms with Crippen molar-refractivity contribution in [3.63, 3.8) is 0 Å². The molecule has 0 aliphatic heterocycles. The van der Waals surface area contributed by atoms with E-state index in [9.17, 15) is 13.6 Å². The van der Waals surface area contributed by atoms with Crippen molar-refractivity contribution in [2.24, 2.45) is 0 Å². The molecule has 2 aromatic carbocycles. The van der Waals surface area contributed by atoms with E-state index in [1.165, 1.54) is 29.2 Å². The summed E-state index contributed by atoms with van der Waals surface area (Å²) >= 11 is 0. The Hall–Kier alpha value is -2.23. The standard InChI is InChI=1S/C15H13F2NO/c1-18(14-9-5-4-8-13(14)17)10-15(19)11-6-2-3-7-12(11)16/h2-9H,10H2,1H3. The van der Waals surface area contributed by atoms with Crippen LogP contribution >= 0.6 is 0 Å². The molecule has 0 aromatic heterocycles. The first kappa shape index (κ1) is 13.2. The van der Waals surface area contributed by atoms with Gasteiger partial charge in [0.15, 0.2) is 5.78 Å². The van der Waals surface area contributed by atoms with Gasteiger partial charge < -0.3 is 4.90 Å². The molecule has 0 aliphatic rings. The fraction of sp³-hybridized carbons (Fsp3) is 0.133. The van der Waals surface area contributed by atoms with Gasteiger partial charge in [0.2, 0.25) is 0 Å². The fourth-order valence-electron chi connectivity index (χ4n) is 1.83.